The summed E-state index contributed by atoms with van der Waals surface area (Å²) in [5, 5.41) is 3.20. The Morgan fingerprint density at radius 2 is 1.75 bits per heavy atom. The predicted octanol–water partition coefficient (Wildman–Crippen LogP) is 1.94. The van der Waals surface area contributed by atoms with Crippen LogP contribution in [0.1, 0.15) is 31.2 Å². The standard InChI is InChI=1S/C14H21FN2O2S/c1-10-3-8-13(15)14(9-10)20(18,19)17-12-6-4-11(16-2)5-7-12/h3,8-9,11-12,16-17H,4-7H2,1-2H3. The molecule has 1 saturated carbocycles. The summed E-state index contributed by atoms with van der Waals surface area (Å²) in [5.74, 6) is -0.702. The highest BCUT2D eigenvalue weighted by Gasteiger charge is 2.26. The van der Waals surface area contributed by atoms with E-state index in [4.69, 9.17) is 0 Å². The van der Waals surface area contributed by atoms with Crippen LogP contribution in [0.5, 0.6) is 0 Å². The van der Waals surface area contributed by atoms with Gasteiger partial charge in [0.05, 0.1) is 0 Å². The monoisotopic (exact) mass is 300 g/mol. The predicted molar refractivity (Wildman–Crippen MR) is 76.6 cm³/mol. The minimum Gasteiger partial charge on any atom is -0.317 e. The SMILES string of the molecule is CNC1CCC(NS(=O)(=O)c2cc(C)ccc2F)CC1. The number of sulfonamides is 1. The topological polar surface area (TPSA) is 58.2 Å². The van der Waals surface area contributed by atoms with Gasteiger partial charge in [-0.2, -0.15) is 0 Å². The normalized spacial score (nSPS) is 23.8. The molecule has 1 aromatic carbocycles. The van der Waals surface area contributed by atoms with Crippen LogP contribution >= 0.6 is 0 Å². The first-order valence-electron chi connectivity index (χ1n) is 6.88. The third kappa shape index (κ3) is 3.56. The Kier molecular flexibility index (Phi) is 4.78. The van der Waals surface area contributed by atoms with Crippen molar-refractivity contribution in [3.63, 3.8) is 0 Å². The van der Waals surface area contributed by atoms with Crippen molar-refractivity contribution in [1.29, 1.82) is 0 Å². The second-order valence-electron chi connectivity index (χ2n) is 5.39. The van der Waals surface area contributed by atoms with Gasteiger partial charge >= 0.3 is 0 Å². The van der Waals surface area contributed by atoms with Crippen molar-refractivity contribution in [1.82, 2.24) is 10.0 Å². The van der Waals surface area contributed by atoms with Crippen molar-refractivity contribution in [3.05, 3.63) is 29.6 Å². The van der Waals surface area contributed by atoms with Crippen molar-refractivity contribution >= 4 is 10.0 Å². The Labute approximate surface area is 119 Å². The van der Waals surface area contributed by atoms with Crippen LogP contribution in [-0.2, 0) is 10.0 Å². The first-order chi connectivity index (χ1) is 9.42. The fourth-order valence-electron chi connectivity index (χ4n) is 2.60. The van der Waals surface area contributed by atoms with Crippen LogP contribution in [0.25, 0.3) is 0 Å². The Morgan fingerprint density at radius 3 is 2.35 bits per heavy atom. The molecule has 0 aliphatic heterocycles. The minimum atomic E-state index is -3.78. The average molecular weight is 300 g/mol. The molecule has 0 amide bonds. The molecule has 4 nitrogen and oxygen atoms in total. The third-order valence-corrected chi connectivity index (χ3v) is 5.37. The summed E-state index contributed by atoms with van der Waals surface area (Å²) >= 11 is 0. The van der Waals surface area contributed by atoms with Gasteiger partial charge in [-0.05, 0) is 57.4 Å². The lowest BCUT2D eigenvalue weighted by Gasteiger charge is -2.28. The number of halogens is 1. The van der Waals surface area contributed by atoms with E-state index in [0.29, 0.717) is 6.04 Å². The molecule has 0 bridgehead atoms. The molecule has 1 aromatic rings. The van der Waals surface area contributed by atoms with E-state index in [2.05, 4.69) is 10.0 Å². The Balaban J connectivity index is 2.10. The molecule has 0 saturated heterocycles. The molecule has 0 radical (unpaired) electrons. The number of nitrogens with one attached hydrogen (secondary N) is 2. The van der Waals surface area contributed by atoms with E-state index in [1.165, 1.54) is 12.1 Å². The first-order valence-corrected chi connectivity index (χ1v) is 8.36. The van der Waals surface area contributed by atoms with Gasteiger partial charge in [-0.15, -0.1) is 0 Å². The van der Waals surface area contributed by atoms with Crippen LogP contribution in [0.4, 0.5) is 4.39 Å². The number of aryl methyl sites for hydroxylation is 1. The maximum Gasteiger partial charge on any atom is 0.243 e. The molecule has 1 aliphatic carbocycles. The van der Waals surface area contributed by atoms with Gasteiger partial charge in [0, 0.05) is 12.1 Å². The first kappa shape index (κ1) is 15.4. The maximum absolute atomic E-state index is 13.7. The van der Waals surface area contributed by atoms with Gasteiger partial charge in [-0.3, -0.25) is 0 Å². The summed E-state index contributed by atoms with van der Waals surface area (Å²) in [6.07, 6.45) is 3.41. The molecule has 2 N–H and O–H groups in total. The van der Waals surface area contributed by atoms with E-state index in [9.17, 15) is 12.8 Å². The zero-order chi connectivity index (χ0) is 14.8. The quantitative estimate of drug-likeness (QED) is 0.893. The molecular formula is C14H21FN2O2S. The number of hydrogen-bond acceptors (Lipinski definition) is 3. The minimum absolute atomic E-state index is 0.107. The molecule has 0 spiro atoms. The van der Waals surface area contributed by atoms with Crippen LogP contribution in [-0.4, -0.2) is 27.5 Å². The fraction of sp³-hybridized carbons (Fsp3) is 0.571. The van der Waals surface area contributed by atoms with Gasteiger partial charge in [-0.25, -0.2) is 17.5 Å². The Bertz CT molecular complexity index is 567. The van der Waals surface area contributed by atoms with Crippen LogP contribution in [0.2, 0.25) is 0 Å². The van der Waals surface area contributed by atoms with Crippen molar-refractivity contribution in [2.75, 3.05) is 7.05 Å². The molecule has 0 atom stereocenters. The van der Waals surface area contributed by atoms with Gasteiger partial charge in [0.1, 0.15) is 10.7 Å². The molecule has 6 heteroatoms. The molecule has 1 fully saturated rings. The van der Waals surface area contributed by atoms with Gasteiger partial charge in [0.25, 0.3) is 0 Å². The van der Waals surface area contributed by atoms with E-state index >= 15 is 0 Å². The number of benzene rings is 1. The van der Waals surface area contributed by atoms with Gasteiger partial charge in [-0.1, -0.05) is 6.07 Å². The molecule has 2 rings (SSSR count). The molecule has 0 heterocycles. The van der Waals surface area contributed by atoms with Crippen LogP contribution in [0.3, 0.4) is 0 Å². The van der Waals surface area contributed by atoms with Crippen molar-refractivity contribution in [2.24, 2.45) is 0 Å². The summed E-state index contributed by atoms with van der Waals surface area (Å²) in [6.45, 7) is 1.75. The Hall–Kier alpha value is -0.980. The van der Waals surface area contributed by atoms with E-state index in [1.807, 2.05) is 7.05 Å². The highest BCUT2D eigenvalue weighted by molar-refractivity contribution is 7.89. The largest absolute Gasteiger partial charge is 0.317 e. The molecule has 0 aromatic heterocycles. The lowest BCUT2D eigenvalue weighted by molar-refractivity contribution is 0.342. The van der Waals surface area contributed by atoms with E-state index in [0.717, 1.165) is 31.2 Å². The van der Waals surface area contributed by atoms with Crippen molar-refractivity contribution < 1.29 is 12.8 Å². The zero-order valence-electron chi connectivity index (χ0n) is 11.8. The van der Waals surface area contributed by atoms with Crippen molar-refractivity contribution in [3.8, 4) is 0 Å². The summed E-state index contributed by atoms with van der Waals surface area (Å²) in [4.78, 5) is -0.256. The summed E-state index contributed by atoms with van der Waals surface area (Å²) in [5.41, 5.74) is 0.727. The molecule has 112 valence electrons. The number of rotatable bonds is 4. The lowest BCUT2D eigenvalue weighted by atomic mass is 9.92. The van der Waals surface area contributed by atoms with E-state index < -0.39 is 15.8 Å². The van der Waals surface area contributed by atoms with Crippen molar-refractivity contribution in [2.45, 2.75) is 49.6 Å². The highest BCUT2D eigenvalue weighted by Crippen LogP contribution is 2.22. The maximum atomic E-state index is 13.7. The summed E-state index contributed by atoms with van der Waals surface area (Å²) < 4.78 is 40.9. The second-order valence-corrected chi connectivity index (χ2v) is 7.07. The highest BCUT2D eigenvalue weighted by atomic mass is 32.2. The number of hydrogen-bond donors (Lipinski definition) is 2. The van der Waals surface area contributed by atoms with E-state index in [1.54, 1.807) is 13.0 Å². The Morgan fingerprint density at radius 1 is 1.15 bits per heavy atom. The molecule has 1 aliphatic rings. The lowest BCUT2D eigenvalue weighted by Crippen LogP contribution is -2.41. The van der Waals surface area contributed by atoms with Crippen LogP contribution < -0.4 is 10.0 Å². The summed E-state index contributed by atoms with van der Waals surface area (Å²) in [7, 11) is -1.87. The van der Waals surface area contributed by atoms with Gasteiger partial charge in [0.2, 0.25) is 10.0 Å². The van der Waals surface area contributed by atoms with Gasteiger partial charge in [0.15, 0.2) is 0 Å². The van der Waals surface area contributed by atoms with Crippen LogP contribution in [0, 0.1) is 12.7 Å². The van der Waals surface area contributed by atoms with E-state index in [-0.39, 0.29) is 10.9 Å². The smallest absolute Gasteiger partial charge is 0.243 e. The molecule has 20 heavy (non-hydrogen) atoms. The molecular weight excluding hydrogens is 279 g/mol. The third-order valence-electron chi connectivity index (χ3n) is 3.83. The zero-order valence-corrected chi connectivity index (χ0v) is 12.6. The molecule has 0 unspecified atom stereocenters. The fourth-order valence-corrected chi connectivity index (χ4v) is 4.07. The average Bonchev–Trinajstić information content (AvgIpc) is 2.42. The van der Waals surface area contributed by atoms with Crippen LogP contribution in [0.15, 0.2) is 23.1 Å². The van der Waals surface area contributed by atoms with Gasteiger partial charge < -0.3 is 5.32 Å². The second kappa shape index (κ2) is 6.20. The summed E-state index contributed by atoms with van der Waals surface area (Å²) in [6, 6.07) is 4.47.